The van der Waals surface area contributed by atoms with Gasteiger partial charge in [-0.25, -0.2) is 0 Å². The molecular weight excluding hydrogens is 226 g/mol. The molecule has 1 aromatic heterocycles. The molecule has 0 N–H and O–H groups in total. The highest BCUT2D eigenvalue weighted by atomic mass is 33.1. The molecule has 0 saturated carbocycles. The quantitative estimate of drug-likeness (QED) is 0.635. The van der Waals surface area contributed by atoms with Crippen LogP contribution < -0.4 is 5.56 Å². The molecule has 0 spiro atoms. The summed E-state index contributed by atoms with van der Waals surface area (Å²) in [6, 6.07) is 4.04. The summed E-state index contributed by atoms with van der Waals surface area (Å²) in [5.74, 6) is 0. The molecule has 0 radical (unpaired) electrons. The van der Waals surface area contributed by atoms with E-state index >= 15 is 0 Å². The molecule has 0 saturated heterocycles. The minimum absolute atomic E-state index is 0.163. The van der Waals surface area contributed by atoms with Gasteiger partial charge >= 0.3 is 0 Å². The highest BCUT2D eigenvalue weighted by molar-refractivity contribution is 8.68. The van der Waals surface area contributed by atoms with E-state index < -0.39 is 0 Å². The van der Waals surface area contributed by atoms with Gasteiger partial charge in [0.15, 0.2) is 0 Å². The zero-order valence-electron chi connectivity index (χ0n) is 8.99. The van der Waals surface area contributed by atoms with Gasteiger partial charge in [-0.15, -0.1) is 11.7 Å². The Morgan fingerprint density at radius 2 is 2.20 bits per heavy atom. The lowest BCUT2D eigenvalue weighted by molar-refractivity contribution is 0.684. The van der Waals surface area contributed by atoms with Gasteiger partial charge in [0.05, 0.1) is 4.75 Å². The van der Waals surface area contributed by atoms with Crippen molar-refractivity contribution >= 4 is 22.5 Å². The summed E-state index contributed by atoms with van der Waals surface area (Å²) in [5, 5.41) is 0. The maximum Gasteiger partial charge on any atom is 0.255 e. The van der Waals surface area contributed by atoms with Gasteiger partial charge in [0.1, 0.15) is 0 Å². The molecule has 0 amide bonds. The number of hydrogen-bond acceptors (Lipinski definition) is 3. The number of hydrogen-bond donors (Lipinski definition) is 1. The van der Waals surface area contributed by atoms with Crippen LogP contribution in [0.3, 0.4) is 0 Å². The number of rotatable bonds is 2. The van der Waals surface area contributed by atoms with Gasteiger partial charge < -0.3 is 4.57 Å². The topological polar surface area (TPSA) is 22.0 Å². The summed E-state index contributed by atoms with van der Waals surface area (Å²) < 4.78 is 1.69. The van der Waals surface area contributed by atoms with Crippen LogP contribution in [0.25, 0.3) is 0 Å². The number of aryl methyl sites for hydroxylation is 1. The molecule has 0 bridgehead atoms. The molecule has 0 aromatic carbocycles. The molecule has 0 aliphatic carbocycles. The van der Waals surface area contributed by atoms with E-state index in [4.69, 9.17) is 0 Å². The summed E-state index contributed by atoms with van der Waals surface area (Å²) in [4.78, 5) is 12.2. The second-order valence-corrected chi connectivity index (χ2v) is 6.15. The third-order valence-corrected chi connectivity index (χ3v) is 5.00. The lowest BCUT2D eigenvalue weighted by atomic mass is 10.0. The van der Waals surface area contributed by atoms with Crippen molar-refractivity contribution in [3.63, 3.8) is 0 Å². The van der Waals surface area contributed by atoms with Crippen LogP contribution in [0.1, 0.15) is 31.5 Å². The van der Waals surface area contributed by atoms with E-state index in [0.29, 0.717) is 0 Å². The third-order valence-electron chi connectivity index (χ3n) is 2.96. The second-order valence-electron chi connectivity index (χ2n) is 4.40. The van der Waals surface area contributed by atoms with E-state index in [1.807, 2.05) is 24.5 Å². The van der Waals surface area contributed by atoms with Crippen molar-refractivity contribution in [1.82, 2.24) is 4.57 Å². The molecule has 0 atom stereocenters. The summed E-state index contributed by atoms with van der Waals surface area (Å²) in [5.41, 5.74) is 2.19. The highest BCUT2D eigenvalue weighted by Crippen LogP contribution is 2.36. The number of nitrogens with zero attached hydrogens (tertiary/aromatic N) is 1. The van der Waals surface area contributed by atoms with Crippen molar-refractivity contribution < 1.29 is 0 Å². The summed E-state index contributed by atoms with van der Waals surface area (Å²) >= 11 is 4.23. The van der Waals surface area contributed by atoms with Crippen LogP contribution in [0, 0.1) is 0 Å². The first kappa shape index (κ1) is 11.1. The largest absolute Gasteiger partial charge is 0.312 e. The molecule has 2 heterocycles. The molecule has 1 aliphatic rings. The molecule has 1 aromatic rings. The average Bonchev–Trinajstić information content (AvgIpc) is 2.66. The molecule has 0 fully saturated rings. The van der Waals surface area contributed by atoms with Gasteiger partial charge in [-0.1, -0.05) is 16.9 Å². The van der Waals surface area contributed by atoms with Gasteiger partial charge in [-0.3, -0.25) is 4.79 Å². The SMILES string of the molecule is CC(C)(SS)c1ccc2n(c1=O)CCC2. The van der Waals surface area contributed by atoms with E-state index in [0.717, 1.165) is 24.9 Å². The number of thiol groups is 1. The fraction of sp³-hybridized carbons (Fsp3) is 0.545. The van der Waals surface area contributed by atoms with Crippen LogP contribution in [0.5, 0.6) is 0 Å². The van der Waals surface area contributed by atoms with Crippen LogP contribution in [0.15, 0.2) is 16.9 Å². The zero-order valence-corrected chi connectivity index (χ0v) is 10.7. The normalized spacial score (nSPS) is 15.4. The molecule has 1 aliphatic heterocycles. The summed E-state index contributed by atoms with van der Waals surface area (Å²) in [7, 11) is 1.42. The summed E-state index contributed by atoms with van der Waals surface area (Å²) in [6.45, 7) is 4.93. The van der Waals surface area contributed by atoms with Gasteiger partial charge in [0.25, 0.3) is 5.56 Å². The van der Waals surface area contributed by atoms with Crippen molar-refractivity contribution in [3.05, 3.63) is 33.7 Å². The van der Waals surface area contributed by atoms with Crippen molar-refractivity contribution in [2.75, 3.05) is 0 Å². The van der Waals surface area contributed by atoms with Gasteiger partial charge in [0.2, 0.25) is 0 Å². The van der Waals surface area contributed by atoms with E-state index in [-0.39, 0.29) is 10.3 Å². The molecule has 2 rings (SSSR count). The Morgan fingerprint density at radius 1 is 1.47 bits per heavy atom. The lowest BCUT2D eigenvalue weighted by Crippen LogP contribution is -2.29. The van der Waals surface area contributed by atoms with E-state index in [1.165, 1.54) is 16.5 Å². The zero-order chi connectivity index (χ0) is 11.1. The molecule has 82 valence electrons. The monoisotopic (exact) mass is 241 g/mol. The fourth-order valence-corrected chi connectivity index (χ4v) is 2.55. The minimum atomic E-state index is -0.217. The Bertz CT molecular complexity index is 437. The van der Waals surface area contributed by atoms with E-state index in [1.54, 1.807) is 0 Å². The molecule has 2 nitrogen and oxygen atoms in total. The summed E-state index contributed by atoms with van der Waals surface area (Å²) in [6.07, 6.45) is 2.12. The Hall–Kier alpha value is -0.350. The number of aromatic nitrogens is 1. The Morgan fingerprint density at radius 3 is 2.87 bits per heavy atom. The van der Waals surface area contributed by atoms with E-state index in [2.05, 4.69) is 17.7 Å². The minimum Gasteiger partial charge on any atom is -0.312 e. The van der Waals surface area contributed by atoms with Crippen molar-refractivity contribution in [3.8, 4) is 0 Å². The Kier molecular flexibility index (Phi) is 2.90. The standard InChI is InChI=1S/C11H15NOS2/c1-11(2,15-14)9-6-5-8-4-3-7-12(8)10(9)13/h5-6,14H,3-4,7H2,1-2H3. The van der Waals surface area contributed by atoms with Crippen molar-refractivity contribution in [2.24, 2.45) is 0 Å². The van der Waals surface area contributed by atoms with Crippen LogP contribution in [0.4, 0.5) is 0 Å². The Balaban J connectivity index is 2.57. The predicted octanol–water partition coefficient (Wildman–Crippen LogP) is 2.61. The average molecular weight is 241 g/mol. The van der Waals surface area contributed by atoms with Crippen molar-refractivity contribution in [2.45, 2.75) is 38.0 Å². The smallest absolute Gasteiger partial charge is 0.255 e. The fourth-order valence-electron chi connectivity index (χ4n) is 2.01. The maximum absolute atomic E-state index is 12.2. The van der Waals surface area contributed by atoms with E-state index in [9.17, 15) is 4.79 Å². The molecule has 15 heavy (non-hydrogen) atoms. The van der Waals surface area contributed by atoms with Crippen LogP contribution in [-0.2, 0) is 17.7 Å². The van der Waals surface area contributed by atoms with Crippen LogP contribution >= 0.6 is 22.5 Å². The van der Waals surface area contributed by atoms with Crippen LogP contribution in [0.2, 0.25) is 0 Å². The van der Waals surface area contributed by atoms with Crippen molar-refractivity contribution in [1.29, 1.82) is 0 Å². The molecular formula is C11H15NOS2. The highest BCUT2D eigenvalue weighted by Gasteiger charge is 2.25. The van der Waals surface area contributed by atoms with Gasteiger partial charge in [0, 0.05) is 17.8 Å². The molecule has 0 unspecified atom stereocenters. The first-order valence-electron chi connectivity index (χ1n) is 5.12. The lowest BCUT2D eigenvalue weighted by Gasteiger charge is -2.21. The number of pyridine rings is 1. The number of fused-ring (bicyclic) bond motifs is 1. The molecule has 4 heteroatoms. The maximum atomic E-state index is 12.2. The first-order valence-corrected chi connectivity index (χ1v) is 6.99. The first-order chi connectivity index (χ1) is 7.06. The van der Waals surface area contributed by atoms with Gasteiger partial charge in [-0.2, -0.15) is 0 Å². The van der Waals surface area contributed by atoms with Gasteiger partial charge in [-0.05, 0) is 32.8 Å². The Labute approximate surface area is 98.9 Å². The second kappa shape index (κ2) is 3.91. The van der Waals surface area contributed by atoms with Crippen LogP contribution in [-0.4, -0.2) is 4.57 Å². The third kappa shape index (κ3) is 1.85. The predicted molar refractivity (Wildman–Crippen MR) is 68.6 cm³/mol.